The molecule has 0 fully saturated rings. The third-order valence-electron chi connectivity index (χ3n) is 4.02. The smallest absolute Gasteiger partial charge is 0.261 e. The predicted molar refractivity (Wildman–Crippen MR) is 97.3 cm³/mol. The van der Waals surface area contributed by atoms with Gasteiger partial charge >= 0.3 is 0 Å². The Morgan fingerprint density at radius 1 is 1.25 bits per heavy atom. The number of carbonyl (C=O) groups excluding carboxylic acids is 1. The van der Waals surface area contributed by atoms with Crippen LogP contribution in [-0.2, 0) is 0 Å². The second kappa shape index (κ2) is 6.57. The number of amides is 1. The third-order valence-corrected chi connectivity index (χ3v) is 4.51. The van der Waals surface area contributed by atoms with Crippen LogP contribution < -0.4 is 10.9 Å². The molecule has 1 N–H and O–H groups in total. The number of benzene rings is 2. The van der Waals surface area contributed by atoms with Crippen LogP contribution in [0.4, 0.5) is 0 Å². The first kappa shape index (κ1) is 16.4. The van der Waals surface area contributed by atoms with Crippen molar-refractivity contribution in [3.05, 3.63) is 74.7 Å². The first-order chi connectivity index (χ1) is 11.5. The van der Waals surface area contributed by atoms with Crippen molar-refractivity contribution in [3.8, 4) is 0 Å². The maximum absolute atomic E-state index is 12.8. The Morgan fingerprint density at radius 3 is 2.79 bits per heavy atom. The minimum atomic E-state index is -0.234. The third kappa shape index (κ3) is 2.97. The van der Waals surface area contributed by atoms with Crippen molar-refractivity contribution < 1.29 is 4.79 Å². The van der Waals surface area contributed by atoms with E-state index in [0.717, 1.165) is 10.0 Å². The Balaban J connectivity index is 2.07. The van der Waals surface area contributed by atoms with Crippen molar-refractivity contribution >= 4 is 32.7 Å². The number of hydrogen-bond acceptors (Lipinski definition) is 3. The van der Waals surface area contributed by atoms with E-state index in [0.29, 0.717) is 16.5 Å². The summed E-state index contributed by atoms with van der Waals surface area (Å²) in [6.45, 7) is 1.91. The molecule has 0 saturated heterocycles. The van der Waals surface area contributed by atoms with Crippen molar-refractivity contribution in [2.24, 2.45) is 0 Å². The molecule has 1 heterocycles. The fraction of sp³-hybridized carbons (Fsp3) is 0.167. The summed E-state index contributed by atoms with van der Waals surface area (Å²) in [6.07, 6.45) is 1.55. The largest absolute Gasteiger partial charge is 0.355 e. The summed E-state index contributed by atoms with van der Waals surface area (Å²) >= 11 is 3.38. The Morgan fingerprint density at radius 2 is 2.04 bits per heavy atom. The fourth-order valence-corrected chi connectivity index (χ4v) is 2.98. The SMILES string of the molecule is CNC(=O)c1cccc([C@@H](C)n2cnc3cc(Br)ccc3c2=O)c1. The molecule has 0 bridgehead atoms. The summed E-state index contributed by atoms with van der Waals surface area (Å²) in [5.74, 6) is -0.155. The zero-order valence-electron chi connectivity index (χ0n) is 13.3. The molecular weight excluding hydrogens is 370 g/mol. The van der Waals surface area contributed by atoms with Gasteiger partial charge in [-0.3, -0.25) is 14.2 Å². The van der Waals surface area contributed by atoms with Gasteiger partial charge in [0.25, 0.3) is 11.5 Å². The molecule has 6 heteroatoms. The molecule has 0 aliphatic heterocycles. The molecule has 1 atom stereocenters. The van der Waals surface area contributed by atoms with Crippen LogP contribution in [0.15, 0.2) is 58.1 Å². The molecule has 3 rings (SSSR count). The molecule has 0 radical (unpaired) electrons. The quantitative estimate of drug-likeness (QED) is 0.752. The number of halogens is 1. The monoisotopic (exact) mass is 385 g/mol. The lowest BCUT2D eigenvalue weighted by atomic mass is 10.0. The lowest BCUT2D eigenvalue weighted by Gasteiger charge is -2.16. The average Bonchev–Trinajstić information content (AvgIpc) is 2.60. The topological polar surface area (TPSA) is 64.0 Å². The minimum Gasteiger partial charge on any atom is -0.355 e. The highest BCUT2D eigenvalue weighted by atomic mass is 79.9. The van der Waals surface area contributed by atoms with Crippen LogP contribution in [0.25, 0.3) is 10.9 Å². The van der Waals surface area contributed by atoms with Crippen LogP contribution in [0.2, 0.25) is 0 Å². The molecular formula is C18H16BrN3O2. The normalized spacial score (nSPS) is 12.1. The summed E-state index contributed by atoms with van der Waals surface area (Å²) in [4.78, 5) is 28.9. The van der Waals surface area contributed by atoms with E-state index < -0.39 is 0 Å². The number of rotatable bonds is 3. The highest BCUT2D eigenvalue weighted by Crippen LogP contribution is 2.20. The van der Waals surface area contributed by atoms with Gasteiger partial charge in [-0.15, -0.1) is 0 Å². The zero-order chi connectivity index (χ0) is 17.3. The summed E-state index contributed by atoms with van der Waals surface area (Å²) in [6, 6.07) is 12.4. The van der Waals surface area contributed by atoms with Gasteiger partial charge in [-0.2, -0.15) is 0 Å². The van der Waals surface area contributed by atoms with Gasteiger partial charge in [0.15, 0.2) is 0 Å². The van der Waals surface area contributed by atoms with Crippen LogP contribution >= 0.6 is 15.9 Å². The summed E-state index contributed by atoms with van der Waals surface area (Å²) in [5.41, 5.74) is 1.98. The lowest BCUT2D eigenvalue weighted by molar-refractivity contribution is 0.0963. The van der Waals surface area contributed by atoms with E-state index >= 15 is 0 Å². The van der Waals surface area contributed by atoms with E-state index in [1.165, 1.54) is 0 Å². The molecule has 2 aromatic carbocycles. The lowest BCUT2D eigenvalue weighted by Crippen LogP contribution is -2.25. The predicted octanol–water partition coefficient (Wildman–Crippen LogP) is 3.13. The molecule has 0 saturated carbocycles. The van der Waals surface area contributed by atoms with E-state index in [-0.39, 0.29) is 17.5 Å². The first-order valence-electron chi connectivity index (χ1n) is 7.49. The van der Waals surface area contributed by atoms with Gasteiger partial charge in [-0.25, -0.2) is 4.98 Å². The number of aromatic nitrogens is 2. The number of nitrogens with one attached hydrogen (secondary N) is 1. The molecule has 0 spiro atoms. The number of fused-ring (bicyclic) bond motifs is 1. The standard InChI is InChI=1S/C18H16BrN3O2/c1-11(12-4-3-5-13(8-12)17(23)20-2)22-10-21-16-9-14(19)6-7-15(16)18(22)24/h3-11H,1-2H3,(H,20,23)/t11-/m1/s1. The molecule has 5 nitrogen and oxygen atoms in total. The zero-order valence-corrected chi connectivity index (χ0v) is 14.9. The van der Waals surface area contributed by atoms with Gasteiger partial charge in [-0.05, 0) is 42.8 Å². The Labute approximate surface area is 147 Å². The molecule has 1 amide bonds. The Hall–Kier alpha value is -2.47. The van der Waals surface area contributed by atoms with E-state index in [2.05, 4.69) is 26.2 Å². The van der Waals surface area contributed by atoms with Gasteiger partial charge in [0.2, 0.25) is 0 Å². The Kier molecular flexibility index (Phi) is 4.49. The molecule has 3 aromatic rings. The van der Waals surface area contributed by atoms with Gasteiger partial charge in [0.1, 0.15) is 0 Å². The van der Waals surface area contributed by atoms with Crippen molar-refractivity contribution in [3.63, 3.8) is 0 Å². The van der Waals surface area contributed by atoms with Gasteiger partial charge in [-0.1, -0.05) is 28.1 Å². The summed E-state index contributed by atoms with van der Waals surface area (Å²) < 4.78 is 2.46. The number of nitrogens with zero attached hydrogens (tertiary/aromatic N) is 2. The highest BCUT2D eigenvalue weighted by Gasteiger charge is 2.14. The van der Waals surface area contributed by atoms with Crippen LogP contribution in [-0.4, -0.2) is 22.5 Å². The maximum Gasteiger partial charge on any atom is 0.261 e. The minimum absolute atomic E-state index is 0.106. The maximum atomic E-state index is 12.8. The molecule has 0 aliphatic rings. The highest BCUT2D eigenvalue weighted by molar-refractivity contribution is 9.10. The fourth-order valence-electron chi connectivity index (χ4n) is 2.63. The summed E-state index contributed by atoms with van der Waals surface area (Å²) in [7, 11) is 1.59. The first-order valence-corrected chi connectivity index (χ1v) is 8.29. The molecule has 0 aliphatic carbocycles. The van der Waals surface area contributed by atoms with Crippen molar-refractivity contribution in [1.82, 2.24) is 14.9 Å². The van der Waals surface area contributed by atoms with E-state index in [4.69, 9.17) is 0 Å². The van der Waals surface area contributed by atoms with Gasteiger partial charge < -0.3 is 5.32 Å². The van der Waals surface area contributed by atoms with Crippen LogP contribution in [0.1, 0.15) is 28.9 Å². The molecule has 122 valence electrons. The second-order valence-electron chi connectivity index (χ2n) is 5.50. The van der Waals surface area contributed by atoms with E-state index in [9.17, 15) is 9.59 Å². The summed E-state index contributed by atoms with van der Waals surface area (Å²) in [5, 5.41) is 3.17. The van der Waals surface area contributed by atoms with Crippen LogP contribution in [0.5, 0.6) is 0 Å². The average molecular weight is 386 g/mol. The van der Waals surface area contributed by atoms with E-state index in [1.807, 2.05) is 31.2 Å². The second-order valence-corrected chi connectivity index (χ2v) is 6.41. The van der Waals surface area contributed by atoms with Gasteiger partial charge in [0, 0.05) is 17.1 Å². The van der Waals surface area contributed by atoms with E-state index in [1.54, 1.807) is 36.1 Å². The van der Waals surface area contributed by atoms with Crippen LogP contribution in [0, 0.1) is 0 Å². The van der Waals surface area contributed by atoms with Crippen LogP contribution in [0.3, 0.4) is 0 Å². The molecule has 0 unspecified atom stereocenters. The number of hydrogen-bond donors (Lipinski definition) is 1. The Bertz CT molecular complexity index is 981. The number of carbonyl (C=O) groups is 1. The molecule has 24 heavy (non-hydrogen) atoms. The van der Waals surface area contributed by atoms with Gasteiger partial charge in [0.05, 0.1) is 23.3 Å². The van der Waals surface area contributed by atoms with Crippen molar-refractivity contribution in [2.75, 3.05) is 7.05 Å². The van der Waals surface area contributed by atoms with Crippen molar-refractivity contribution in [2.45, 2.75) is 13.0 Å². The molecule has 1 aromatic heterocycles. The van der Waals surface area contributed by atoms with Crippen molar-refractivity contribution in [1.29, 1.82) is 0 Å².